The van der Waals surface area contributed by atoms with Crippen LogP contribution in [0.25, 0.3) is 10.9 Å². The largest absolute Gasteiger partial charge is 0.278 e. The molecular formula is C9H5ClN2O4S. The van der Waals surface area contributed by atoms with E-state index in [2.05, 4.69) is 4.98 Å². The van der Waals surface area contributed by atoms with Crippen LogP contribution in [0.5, 0.6) is 0 Å². The lowest BCUT2D eigenvalue weighted by Crippen LogP contribution is -1.95. The Hall–Kier alpha value is -1.73. The van der Waals surface area contributed by atoms with Crippen molar-refractivity contribution in [3.63, 3.8) is 0 Å². The number of aromatic nitrogens is 1. The normalized spacial score (nSPS) is 11.6. The maximum absolute atomic E-state index is 11.0. The van der Waals surface area contributed by atoms with Gasteiger partial charge in [0, 0.05) is 28.2 Å². The van der Waals surface area contributed by atoms with Crippen molar-refractivity contribution in [2.24, 2.45) is 0 Å². The van der Waals surface area contributed by atoms with E-state index in [-0.39, 0.29) is 10.7 Å². The summed E-state index contributed by atoms with van der Waals surface area (Å²) in [5.41, 5.74) is 0.248. The maximum Gasteiger partial charge on any atom is 0.278 e. The van der Waals surface area contributed by atoms with Gasteiger partial charge in [0.25, 0.3) is 14.7 Å². The van der Waals surface area contributed by atoms with E-state index in [1.165, 1.54) is 30.3 Å². The summed E-state index contributed by atoms with van der Waals surface area (Å²) < 4.78 is 22.1. The van der Waals surface area contributed by atoms with Crippen molar-refractivity contribution >= 4 is 36.3 Å². The Morgan fingerprint density at radius 2 is 1.94 bits per heavy atom. The number of fused-ring (bicyclic) bond motifs is 1. The fourth-order valence-electron chi connectivity index (χ4n) is 1.34. The highest BCUT2D eigenvalue weighted by Gasteiger charge is 2.13. The Labute approximate surface area is 100 Å². The molecule has 1 heterocycles. The number of nitrogens with zero attached hydrogens (tertiary/aromatic N) is 2. The molecule has 0 aliphatic rings. The highest BCUT2D eigenvalue weighted by Crippen LogP contribution is 2.22. The van der Waals surface area contributed by atoms with Crippen LogP contribution in [0.3, 0.4) is 0 Å². The summed E-state index contributed by atoms with van der Waals surface area (Å²) in [7, 11) is 1.25. The van der Waals surface area contributed by atoms with Crippen molar-refractivity contribution in [2.75, 3.05) is 0 Å². The molecule has 17 heavy (non-hydrogen) atoms. The predicted octanol–water partition coefficient (Wildman–Crippen LogP) is 2.07. The number of halogens is 1. The van der Waals surface area contributed by atoms with Crippen molar-refractivity contribution in [2.45, 2.75) is 5.03 Å². The minimum absolute atomic E-state index is 0.0826. The molecule has 1 aromatic carbocycles. The number of pyridine rings is 1. The third-order valence-corrected chi connectivity index (χ3v) is 3.31. The van der Waals surface area contributed by atoms with E-state index >= 15 is 0 Å². The Kier molecular flexibility index (Phi) is 2.72. The van der Waals surface area contributed by atoms with E-state index in [0.717, 1.165) is 0 Å². The molecule has 0 fully saturated rings. The molecule has 0 unspecified atom stereocenters. The second-order valence-electron chi connectivity index (χ2n) is 3.22. The van der Waals surface area contributed by atoms with Crippen molar-refractivity contribution in [3.8, 4) is 0 Å². The first-order chi connectivity index (χ1) is 7.88. The van der Waals surface area contributed by atoms with Gasteiger partial charge in [0.1, 0.15) is 0 Å². The van der Waals surface area contributed by atoms with Crippen LogP contribution in [0.15, 0.2) is 35.4 Å². The zero-order chi connectivity index (χ0) is 12.6. The van der Waals surface area contributed by atoms with Crippen LogP contribution in [0.4, 0.5) is 5.69 Å². The van der Waals surface area contributed by atoms with Gasteiger partial charge >= 0.3 is 0 Å². The predicted molar refractivity (Wildman–Crippen MR) is 61.4 cm³/mol. The first-order valence-corrected chi connectivity index (χ1v) is 6.69. The van der Waals surface area contributed by atoms with Gasteiger partial charge in [0.05, 0.1) is 10.4 Å². The van der Waals surface area contributed by atoms with Gasteiger partial charge in [-0.05, 0) is 18.2 Å². The van der Waals surface area contributed by atoms with Crippen LogP contribution in [-0.2, 0) is 9.05 Å². The van der Waals surface area contributed by atoms with Crippen molar-refractivity contribution < 1.29 is 13.3 Å². The molecule has 0 atom stereocenters. The lowest BCUT2D eigenvalue weighted by Gasteiger charge is -1.99. The van der Waals surface area contributed by atoms with E-state index < -0.39 is 14.0 Å². The van der Waals surface area contributed by atoms with Crippen LogP contribution < -0.4 is 0 Å². The molecule has 0 saturated heterocycles. The molecule has 1 aromatic heterocycles. The van der Waals surface area contributed by atoms with Crippen LogP contribution in [0.2, 0.25) is 0 Å². The number of non-ortho nitro benzene ring substituents is 1. The summed E-state index contributed by atoms with van der Waals surface area (Å²) in [5, 5.41) is 10.7. The third kappa shape index (κ3) is 2.34. The summed E-state index contributed by atoms with van der Waals surface area (Å²) in [5.74, 6) is 0. The van der Waals surface area contributed by atoms with E-state index in [1.54, 1.807) is 0 Å². The molecule has 0 spiro atoms. The Balaban J connectivity index is 2.66. The van der Waals surface area contributed by atoms with Crippen molar-refractivity contribution in [3.05, 3.63) is 40.4 Å². The SMILES string of the molecule is O=[N+]([O-])c1ccc2nc(S(=O)(=O)Cl)ccc2c1. The van der Waals surface area contributed by atoms with E-state index in [0.29, 0.717) is 10.9 Å². The van der Waals surface area contributed by atoms with Gasteiger partial charge in [-0.15, -0.1) is 0 Å². The number of hydrogen-bond acceptors (Lipinski definition) is 5. The fraction of sp³-hybridized carbons (Fsp3) is 0. The van der Waals surface area contributed by atoms with Gasteiger partial charge in [-0.25, -0.2) is 13.4 Å². The van der Waals surface area contributed by atoms with Crippen LogP contribution in [0, 0.1) is 10.1 Å². The van der Waals surface area contributed by atoms with Crippen molar-refractivity contribution in [1.29, 1.82) is 0 Å². The lowest BCUT2D eigenvalue weighted by atomic mass is 10.2. The Bertz CT molecular complexity index is 714. The summed E-state index contributed by atoms with van der Waals surface area (Å²) in [6.07, 6.45) is 0. The highest BCUT2D eigenvalue weighted by molar-refractivity contribution is 8.13. The van der Waals surface area contributed by atoms with E-state index in [9.17, 15) is 18.5 Å². The molecule has 0 aliphatic heterocycles. The van der Waals surface area contributed by atoms with E-state index in [1.807, 2.05) is 0 Å². The number of rotatable bonds is 2. The van der Waals surface area contributed by atoms with Gasteiger partial charge in [-0.1, -0.05) is 0 Å². The van der Waals surface area contributed by atoms with Gasteiger partial charge < -0.3 is 0 Å². The first-order valence-electron chi connectivity index (χ1n) is 4.38. The van der Waals surface area contributed by atoms with E-state index in [4.69, 9.17) is 10.7 Å². The topological polar surface area (TPSA) is 90.2 Å². The third-order valence-electron chi connectivity index (χ3n) is 2.11. The zero-order valence-electron chi connectivity index (χ0n) is 8.20. The minimum atomic E-state index is -3.89. The molecule has 6 nitrogen and oxygen atoms in total. The summed E-state index contributed by atoms with van der Waals surface area (Å²) in [6, 6.07) is 6.56. The first kappa shape index (κ1) is 11.7. The van der Waals surface area contributed by atoms with Crippen LogP contribution >= 0.6 is 10.7 Å². The molecular weight excluding hydrogens is 268 g/mol. The smallest absolute Gasteiger partial charge is 0.258 e. The molecule has 2 rings (SSSR count). The molecule has 0 aliphatic carbocycles. The van der Waals surface area contributed by atoms with Crippen LogP contribution in [-0.4, -0.2) is 18.3 Å². The highest BCUT2D eigenvalue weighted by atomic mass is 35.7. The molecule has 0 bridgehead atoms. The molecule has 0 radical (unpaired) electrons. The molecule has 0 amide bonds. The summed E-state index contributed by atoms with van der Waals surface area (Å²) in [4.78, 5) is 13.8. The van der Waals surface area contributed by atoms with Gasteiger partial charge in [-0.2, -0.15) is 0 Å². The maximum atomic E-state index is 11.0. The summed E-state index contributed by atoms with van der Waals surface area (Å²) >= 11 is 0. The number of nitro groups is 1. The number of hydrogen-bond donors (Lipinski definition) is 0. The second-order valence-corrected chi connectivity index (χ2v) is 5.73. The van der Waals surface area contributed by atoms with Crippen molar-refractivity contribution in [1.82, 2.24) is 4.98 Å². The Morgan fingerprint density at radius 1 is 1.24 bits per heavy atom. The number of nitro benzene ring substituents is 1. The average molecular weight is 273 g/mol. The lowest BCUT2D eigenvalue weighted by molar-refractivity contribution is -0.384. The quantitative estimate of drug-likeness (QED) is 0.474. The van der Waals surface area contributed by atoms with Gasteiger partial charge in [0.15, 0.2) is 5.03 Å². The number of benzene rings is 1. The van der Waals surface area contributed by atoms with Gasteiger partial charge in [0.2, 0.25) is 0 Å². The molecule has 8 heteroatoms. The Morgan fingerprint density at radius 3 is 2.53 bits per heavy atom. The standard InChI is InChI=1S/C9H5ClN2O4S/c10-17(15,16)9-4-1-6-5-7(12(13)14)2-3-8(6)11-9/h1-5H. The summed E-state index contributed by atoms with van der Waals surface area (Å²) in [6.45, 7) is 0. The molecule has 88 valence electrons. The monoisotopic (exact) mass is 272 g/mol. The second kappa shape index (κ2) is 3.94. The fourth-order valence-corrected chi connectivity index (χ4v) is 2.04. The van der Waals surface area contributed by atoms with Crippen LogP contribution in [0.1, 0.15) is 0 Å². The minimum Gasteiger partial charge on any atom is -0.258 e. The van der Waals surface area contributed by atoms with Gasteiger partial charge in [-0.3, -0.25) is 10.1 Å². The average Bonchev–Trinajstić information content (AvgIpc) is 2.26. The molecule has 0 N–H and O–H groups in total. The molecule has 2 aromatic rings. The zero-order valence-corrected chi connectivity index (χ0v) is 9.77. The molecule has 0 saturated carbocycles.